The largest absolute Gasteiger partial charge is 0.381 e. The number of amides is 1. The van der Waals surface area contributed by atoms with Gasteiger partial charge >= 0.3 is 0 Å². The molecule has 1 amide bonds. The van der Waals surface area contributed by atoms with Crippen molar-refractivity contribution in [2.45, 2.75) is 25.3 Å². The van der Waals surface area contributed by atoms with E-state index in [4.69, 9.17) is 9.26 Å². The first-order valence-electron chi connectivity index (χ1n) is 8.19. The van der Waals surface area contributed by atoms with Gasteiger partial charge in [0.15, 0.2) is 5.82 Å². The summed E-state index contributed by atoms with van der Waals surface area (Å²) in [6, 6.07) is 9.90. The van der Waals surface area contributed by atoms with Gasteiger partial charge in [0.2, 0.25) is 12.3 Å². The molecule has 1 aromatic heterocycles. The highest BCUT2D eigenvalue weighted by atomic mass is 16.5. The first kappa shape index (κ1) is 16.4. The van der Waals surface area contributed by atoms with Crippen LogP contribution in [-0.4, -0.2) is 42.4 Å². The van der Waals surface area contributed by atoms with Gasteiger partial charge in [0.25, 0.3) is 0 Å². The molecule has 0 saturated carbocycles. The van der Waals surface area contributed by atoms with Gasteiger partial charge in [-0.25, -0.2) is 0 Å². The fraction of sp³-hybridized carbons (Fsp3) is 0.471. The molecule has 0 aliphatic carbocycles. The lowest BCUT2D eigenvalue weighted by Crippen LogP contribution is -2.52. The Morgan fingerprint density at radius 2 is 2.04 bits per heavy atom. The number of anilines is 1. The first-order chi connectivity index (χ1) is 11.7. The number of hydrogen-bond acceptors (Lipinski definition) is 6. The van der Waals surface area contributed by atoms with Crippen LogP contribution in [0.4, 0.5) is 5.69 Å². The highest BCUT2D eigenvalue weighted by Gasteiger charge is 2.39. The van der Waals surface area contributed by atoms with Gasteiger partial charge in [-0.15, -0.1) is 0 Å². The predicted molar refractivity (Wildman–Crippen MR) is 88.5 cm³/mol. The summed E-state index contributed by atoms with van der Waals surface area (Å²) in [6.07, 6.45) is 2.56. The van der Waals surface area contributed by atoms with Gasteiger partial charge in [-0.05, 0) is 19.1 Å². The molecule has 1 saturated heterocycles. The third kappa shape index (κ3) is 3.56. The number of nitrogens with zero attached hydrogens (tertiary/aromatic N) is 3. The Bertz CT molecular complexity index is 639. The maximum absolute atomic E-state index is 12.7. The lowest BCUT2D eigenvalue weighted by atomic mass is 9.89. The molecule has 1 fully saturated rings. The standard InChI is InChI=1S/C17H22N4O3/c1-2-21(14-6-4-3-5-7-14)12-15(22)19-17(8-10-23-11-9-17)16-18-13-24-20-16/h3-7,13H,2,8-12H2,1H3,(H,19,22). The molecule has 7 nitrogen and oxygen atoms in total. The van der Waals surface area contributed by atoms with Gasteiger partial charge in [0.1, 0.15) is 5.54 Å². The zero-order chi connectivity index (χ0) is 16.8. The number of nitrogens with one attached hydrogen (secondary N) is 1. The van der Waals surface area contributed by atoms with E-state index in [9.17, 15) is 4.79 Å². The highest BCUT2D eigenvalue weighted by Crippen LogP contribution is 2.29. The predicted octanol–water partition coefficient (Wildman–Crippen LogP) is 1.72. The number of ether oxygens (including phenoxy) is 1. The molecule has 0 bridgehead atoms. The van der Waals surface area contributed by atoms with E-state index < -0.39 is 5.54 Å². The van der Waals surface area contributed by atoms with Gasteiger partial charge in [-0.1, -0.05) is 23.4 Å². The lowest BCUT2D eigenvalue weighted by Gasteiger charge is -2.36. The lowest BCUT2D eigenvalue weighted by molar-refractivity contribution is -0.123. The van der Waals surface area contributed by atoms with Crippen molar-refractivity contribution >= 4 is 11.6 Å². The summed E-state index contributed by atoms with van der Waals surface area (Å²) in [7, 11) is 0. The SMILES string of the molecule is CCN(CC(=O)NC1(c2ncon2)CCOCC1)c1ccccc1. The molecule has 0 unspecified atom stereocenters. The number of hydrogen-bond donors (Lipinski definition) is 1. The van der Waals surface area contributed by atoms with E-state index in [2.05, 4.69) is 15.5 Å². The molecule has 3 rings (SSSR count). The molecule has 1 aromatic carbocycles. The highest BCUT2D eigenvalue weighted by molar-refractivity contribution is 5.82. The van der Waals surface area contributed by atoms with Crippen molar-refractivity contribution in [1.29, 1.82) is 0 Å². The molecule has 1 aliphatic rings. The topological polar surface area (TPSA) is 80.5 Å². The second-order valence-corrected chi connectivity index (χ2v) is 5.85. The average Bonchev–Trinajstić information content (AvgIpc) is 3.16. The van der Waals surface area contributed by atoms with Gasteiger partial charge < -0.3 is 19.5 Å². The fourth-order valence-electron chi connectivity index (χ4n) is 3.01. The minimum atomic E-state index is -0.613. The van der Waals surface area contributed by atoms with Crippen molar-refractivity contribution < 1.29 is 14.1 Å². The molecule has 0 spiro atoms. The van der Waals surface area contributed by atoms with E-state index in [1.54, 1.807) is 0 Å². The first-order valence-corrected chi connectivity index (χ1v) is 8.19. The van der Waals surface area contributed by atoms with Crippen LogP contribution in [0, 0.1) is 0 Å². The Kier molecular flexibility index (Phi) is 5.10. The van der Waals surface area contributed by atoms with Crippen LogP contribution in [0.25, 0.3) is 0 Å². The number of carbonyl (C=O) groups is 1. The maximum Gasteiger partial charge on any atom is 0.240 e. The molecular formula is C17H22N4O3. The quantitative estimate of drug-likeness (QED) is 0.868. The summed E-state index contributed by atoms with van der Waals surface area (Å²) < 4.78 is 10.3. The Balaban J connectivity index is 1.72. The fourth-order valence-corrected chi connectivity index (χ4v) is 3.01. The Morgan fingerprint density at radius 1 is 1.29 bits per heavy atom. The van der Waals surface area contributed by atoms with Gasteiger partial charge in [0, 0.05) is 38.3 Å². The summed E-state index contributed by atoms with van der Waals surface area (Å²) >= 11 is 0. The number of para-hydroxylation sites is 1. The maximum atomic E-state index is 12.7. The molecule has 2 heterocycles. The minimum Gasteiger partial charge on any atom is -0.381 e. The van der Waals surface area contributed by atoms with Crippen LogP contribution in [-0.2, 0) is 15.1 Å². The third-order valence-electron chi connectivity index (χ3n) is 4.35. The van der Waals surface area contributed by atoms with E-state index in [0.717, 1.165) is 12.2 Å². The Morgan fingerprint density at radius 3 is 2.67 bits per heavy atom. The molecule has 1 aliphatic heterocycles. The van der Waals surface area contributed by atoms with Crippen molar-refractivity contribution in [3.63, 3.8) is 0 Å². The molecule has 1 N–H and O–H groups in total. The van der Waals surface area contributed by atoms with Crippen LogP contribution in [0.3, 0.4) is 0 Å². The number of rotatable bonds is 6. The second-order valence-electron chi connectivity index (χ2n) is 5.85. The van der Waals surface area contributed by atoms with Crippen LogP contribution in [0.15, 0.2) is 41.2 Å². The zero-order valence-corrected chi connectivity index (χ0v) is 13.8. The van der Waals surface area contributed by atoms with E-state index in [0.29, 0.717) is 31.9 Å². The van der Waals surface area contributed by atoms with E-state index >= 15 is 0 Å². The van der Waals surface area contributed by atoms with Crippen LogP contribution >= 0.6 is 0 Å². The van der Waals surface area contributed by atoms with Crippen molar-refractivity contribution in [3.8, 4) is 0 Å². The van der Waals surface area contributed by atoms with Crippen molar-refractivity contribution in [1.82, 2.24) is 15.5 Å². The Labute approximate surface area is 141 Å². The molecule has 128 valence electrons. The molecule has 0 radical (unpaired) electrons. The van der Waals surface area contributed by atoms with Crippen molar-refractivity contribution in [2.75, 3.05) is 31.2 Å². The van der Waals surface area contributed by atoms with Gasteiger partial charge in [-0.3, -0.25) is 4.79 Å². The summed E-state index contributed by atoms with van der Waals surface area (Å²) in [6.45, 7) is 4.18. The van der Waals surface area contributed by atoms with E-state index in [1.165, 1.54) is 6.39 Å². The number of likely N-dealkylation sites (N-methyl/N-ethyl adjacent to an activating group) is 1. The van der Waals surface area contributed by atoms with Crippen molar-refractivity contribution in [3.05, 3.63) is 42.5 Å². The summed E-state index contributed by atoms with van der Waals surface area (Å²) in [5.74, 6) is 0.453. The number of aromatic nitrogens is 2. The van der Waals surface area contributed by atoms with E-state index in [1.807, 2.05) is 42.2 Å². The molecule has 0 atom stereocenters. The number of carbonyl (C=O) groups excluding carboxylic acids is 1. The van der Waals surface area contributed by atoms with Gasteiger partial charge in [0.05, 0.1) is 6.54 Å². The van der Waals surface area contributed by atoms with Crippen LogP contribution in [0.2, 0.25) is 0 Å². The summed E-state index contributed by atoms with van der Waals surface area (Å²) in [5, 5.41) is 7.08. The van der Waals surface area contributed by atoms with Crippen molar-refractivity contribution in [2.24, 2.45) is 0 Å². The average molecular weight is 330 g/mol. The third-order valence-corrected chi connectivity index (χ3v) is 4.35. The monoisotopic (exact) mass is 330 g/mol. The molecule has 7 heteroatoms. The summed E-state index contributed by atoms with van der Waals surface area (Å²) in [5.41, 5.74) is 0.411. The minimum absolute atomic E-state index is 0.0626. The molecular weight excluding hydrogens is 308 g/mol. The zero-order valence-electron chi connectivity index (χ0n) is 13.8. The van der Waals surface area contributed by atoms with Crippen LogP contribution < -0.4 is 10.2 Å². The van der Waals surface area contributed by atoms with Crippen LogP contribution in [0.1, 0.15) is 25.6 Å². The molecule has 24 heavy (non-hydrogen) atoms. The second kappa shape index (κ2) is 7.44. The number of benzene rings is 1. The van der Waals surface area contributed by atoms with Gasteiger partial charge in [-0.2, -0.15) is 4.98 Å². The summed E-state index contributed by atoms with van der Waals surface area (Å²) in [4.78, 5) is 18.9. The Hall–Kier alpha value is -2.41. The smallest absolute Gasteiger partial charge is 0.240 e. The van der Waals surface area contributed by atoms with Crippen LogP contribution in [0.5, 0.6) is 0 Å². The molecule has 2 aromatic rings. The normalized spacial score (nSPS) is 16.5. The van der Waals surface area contributed by atoms with E-state index in [-0.39, 0.29) is 12.5 Å².